The second-order valence-corrected chi connectivity index (χ2v) is 5.67. The molecule has 1 aliphatic carbocycles. The number of non-ortho nitro benzene ring substituents is 1. The lowest BCUT2D eigenvalue weighted by atomic mass is 9.78. The first kappa shape index (κ1) is 14.8. The number of nitro benzene ring substituents is 1. The van der Waals surface area contributed by atoms with E-state index in [1.165, 1.54) is 4.90 Å². The largest absolute Gasteiger partial charge is 0.418 e. The van der Waals surface area contributed by atoms with Crippen molar-refractivity contribution in [3.63, 3.8) is 0 Å². The fraction of sp³-hybridized carbons (Fsp3) is 0.500. The molecule has 4 rings (SSSR count). The molecule has 8 heteroatoms. The van der Waals surface area contributed by atoms with E-state index in [9.17, 15) is 28.1 Å². The lowest BCUT2D eigenvalue weighted by molar-refractivity contribution is -0.385. The molecule has 2 heterocycles. The van der Waals surface area contributed by atoms with Crippen LogP contribution in [-0.4, -0.2) is 16.9 Å². The van der Waals surface area contributed by atoms with E-state index in [4.69, 9.17) is 0 Å². The summed E-state index contributed by atoms with van der Waals surface area (Å²) < 4.78 is 39.8. The molecule has 1 saturated carbocycles. The van der Waals surface area contributed by atoms with Crippen LogP contribution in [0, 0.1) is 16.0 Å². The van der Waals surface area contributed by atoms with E-state index >= 15 is 0 Å². The van der Waals surface area contributed by atoms with Gasteiger partial charge in [-0.15, -0.1) is 0 Å². The van der Waals surface area contributed by atoms with Gasteiger partial charge in [-0.05, 0) is 31.7 Å². The van der Waals surface area contributed by atoms with Crippen molar-refractivity contribution in [2.45, 2.75) is 37.9 Å². The van der Waals surface area contributed by atoms with Crippen LogP contribution < -0.4 is 4.90 Å². The molecule has 0 aromatic heterocycles. The van der Waals surface area contributed by atoms with Gasteiger partial charge in [0.05, 0.1) is 16.2 Å². The lowest BCUT2D eigenvalue weighted by Crippen LogP contribution is -2.53. The molecule has 2 bridgehead atoms. The van der Waals surface area contributed by atoms with Crippen LogP contribution in [0.3, 0.4) is 0 Å². The molecule has 1 aromatic carbocycles. The van der Waals surface area contributed by atoms with Gasteiger partial charge in [-0.1, -0.05) is 0 Å². The van der Waals surface area contributed by atoms with Crippen LogP contribution in [0.25, 0.3) is 0 Å². The molecule has 2 saturated heterocycles. The minimum Gasteiger partial charge on any atom is -0.309 e. The van der Waals surface area contributed by atoms with Gasteiger partial charge in [-0.25, -0.2) is 0 Å². The second kappa shape index (κ2) is 4.96. The van der Waals surface area contributed by atoms with Crippen LogP contribution in [0.15, 0.2) is 18.2 Å². The number of rotatable bonds is 2. The molecule has 22 heavy (non-hydrogen) atoms. The predicted octanol–water partition coefficient (Wildman–Crippen LogP) is 3.52. The summed E-state index contributed by atoms with van der Waals surface area (Å²) in [5.41, 5.74) is -2.02. The molecule has 0 N–H and O–H groups in total. The summed E-state index contributed by atoms with van der Waals surface area (Å²) in [7, 11) is 0. The fourth-order valence-electron chi connectivity index (χ4n) is 3.35. The molecular weight excluding hydrogens is 301 g/mol. The summed E-state index contributed by atoms with van der Waals surface area (Å²) in [6, 6.07) is 2.31. The summed E-state index contributed by atoms with van der Waals surface area (Å²) >= 11 is 0. The Morgan fingerprint density at radius 3 is 2.32 bits per heavy atom. The Hall–Kier alpha value is -2.12. The number of hydrogen-bond donors (Lipinski definition) is 0. The van der Waals surface area contributed by atoms with Crippen molar-refractivity contribution in [2.24, 2.45) is 5.92 Å². The maximum Gasteiger partial charge on any atom is 0.418 e. The van der Waals surface area contributed by atoms with Gasteiger partial charge < -0.3 is 4.90 Å². The summed E-state index contributed by atoms with van der Waals surface area (Å²) in [5, 5.41) is 10.7. The molecule has 0 unspecified atom stereocenters. The first-order valence-electron chi connectivity index (χ1n) is 6.97. The number of nitro groups is 1. The Morgan fingerprint density at radius 1 is 1.18 bits per heavy atom. The summed E-state index contributed by atoms with van der Waals surface area (Å²) in [5.74, 6) is -0.539. The molecule has 3 fully saturated rings. The van der Waals surface area contributed by atoms with Crippen LogP contribution in [-0.2, 0) is 11.0 Å². The Bertz CT molecular complexity index is 637. The molecule has 0 atom stereocenters. The van der Waals surface area contributed by atoms with Crippen LogP contribution >= 0.6 is 0 Å². The summed E-state index contributed by atoms with van der Waals surface area (Å²) in [6.45, 7) is 0. The molecule has 3 aliphatic rings. The predicted molar refractivity (Wildman–Crippen MR) is 71.3 cm³/mol. The van der Waals surface area contributed by atoms with E-state index < -0.39 is 22.4 Å². The molecule has 5 nitrogen and oxygen atoms in total. The normalized spacial score (nSPS) is 24.7. The highest BCUT2D eigenvalue weighted by Gasteiger charge is 2.45. The number of fused-ring (bicyclic) bond motifs is 3. The lowest BCUT2D eigenvalue weighted by Gasteiger charge is -2.45. The zero-order valence-electron chi connectivity index (χ0n) is 11.5. The first-order chi connectivity index (χ1) is 10.3. The minimum atomic E-state index is -4.75. The van der Waals surface area contributed by atoms with Crippen molar-refractivity contribution in [3.8, 4) is 0 Å². The van der Waals surface area contributed by atoms with Gasteiger partial charge in [0.15, 0.2) is 0 Å². The van der Waals surface area contributed by atoms with Crippen molar-refractivity contribution in [3.05, 3.63) is 33.9 Å². The van der Waals surface area contributed by atoms with E-state index in [1.54, 1.807) is 0 Å². The minimum absolute atomic E-state index is 0.235. The van der Waals surface area contributed by atoms with Gasteiger partial charge in [0, 0.05) is 24.1 Å². The van der Waals surface area contributed by atoms with Crippen molar-refractivity contribution in [2.75, 3.05) is 4.90 Å². The number of amides is 1. The van der Waals surface area contributed by atoms with Crippen molar-refractivity contribution in [1.29, 1.82) is 0 Å². The van der Waals surface area contributed by atoms with Gasteiger partial charge in [-0.3, -0.25) is 14.9 Å². The average Bonchev–Trinajstić information content (AvgIpc) is 2.47. The topological polar surface area (TPSA) is 63.5 Å². The van der Waals surface area contributed by atoms with E-state index in [0.717, 1.165) is 12.1 Å². The number of carbonyl (C=O) groups excluding carboxylic acids is 1. The number of piperidine rings is 2. The molecular formula is C14H13F3N2O3. The van der Waals surface area contributed by atoms with Crippen molar-refractivity contribution in [1.82, 2.24) is 0 Å². The SMILES string of the molecule is O=C1C2CCC(CC2)N1c1ccc([N+](=O)[O-])cc1C(F)(F)F. The van der Waals surface area contributed by atoms with Crippen LogP contribution in [0.1, 0.15) is 31.2 Å². The monoisotopic (exact) mass is 314 g/mol. The summed E-state index contributed by atoms with van der Waals surface area (Å²) in [4.78, 5) is 23.4. The number of carbonyl (C=O) groups is 1. The van der Waals surface area contributed by atoms with Crippen molar-refractivity contribution >= 4 is 17.3 Å². The van der Waals surface area contributed by atoms with Gasteiger partial charge in [0.25, 0.3) is 5.69 Å². The zero-order chi connectivity index (χ0) is 16.1. The average molecular weight is 314 g/mol. The number of anilines is 1. The van der Waals surface area contributed by atoms with Gasteiger partial charge in [0.2, 0.25) is 5.91 Å². The highest BCUT2D eigenvalue weighted by atomic mass is 19.4. The smallest absolute Gasteiger partial charge is 0.309 e. The highest BCUT2D eigenvalue weighted by molar-refractivity contribution is 5.98. The maximum atomic E-state index is 13.3. The Balaban J connectivity index is 2.10. The van der Waals surface area contributed by atoms with E-state index in [-0.39, 0.29) is 23.6 Å². The highest BCUT2D eigenvalue weighted by Crippen LogP contribution is 2.44. The molecule has 1 amide bonds. The number of halogens is 3. The number of hydrogen-bond acceptors (Lipinski definition) is 3. The number of benzene rings is 1. The Labute approximate surface area is 123 Å². The maximum absolute atomic E-state index is 13.3. The van der Waals surface area contributed by atoms with E-state index in [0.29, 0.717) is 31.7 Å². The summed E-state index contributed by atoms with van der Waals surface area (Å²) in [6.07, 6.45) is -2.00. The van der Waals surface area contributed by atoms with Gasteiger partial charge in [0.1, 0.15) is 0 Å². The zero-order valence-corrected chi connectivity index (χ0v) is 11.5. The number of alkyl halides is 3. The quantitative estimate of drug-likeness (QED) is 0.620. The van der Waals surface area contributed by atoms with Crippen molar-refractivity contribution < 1.29 is 22.9 Å². The van der Waals surface area contributed by atoms with E-state index in [1.807, 2.05) is 0 Å². The third kappa shape index (κ3) is 2.32. The Morgan fingerprint density at radius 2 is 1.82 bits per heavy atom. The number of nitrogens with zero attached hydrogens (tertiary/aromatic N) is 2. The molecule has 118 valence electrons. The molecule has 2 aliphatic heterocycles. The van der Waals surface area contributed by atoms with Gasteiger partial charge >= 0.3 is 6.18 Å². The third-order valence-electron chi connectivity index (χ3n) is 4.40. The molecule has 0 radical (unpaired) electrons. The Kier molecular flexibility index (Phi) is 3.34. The second-order valence-electron chi connectivity index (χ2n) is 5.67. The van der Waals surface area contributed by atoms with Crippen LogP contribution in [0.5, 0.6) is 0 Å². The molecule has 1 aromatic rings. The third-order valence-corrected chi connectivity index (χ3v) is 4.40. The first-order valence-corrected chi connectivity index (χ1v) is 6.97. The van der Waals surface area contributed by atoms with Gasteiger partial charge in [-0.2, -0.15) is 13.2 Å². The van der Waals surface area contributed by atoms with Crippen LogP contribution in [0.2, 0.25) is 0 Å². The fourth-order valence-corrected chi connectivity index (χ4v) is 3.35. The van der Waals surface area contributed by atoms with Crippen LogP contribution in [0.4, 0.5) is 24.5 Å². The standard InChI is InChI=1S/C14H13F3N2O3/c15-14(16,17)11-7-10(19(21)22)5-6-12(11)18-9-3-1-8(2-4-9)13(18)20/h5-9H,1-4H2. The van der Waals surface area contributed by atoms with E-state index in [2.05, 4.69) is 0 Å². The molecule has 0 spiro atoms.